The normalized spacial score (nSPS) is 15.2. The first kappa shape index (κ1) is 11.5. The molecule has 0 aliphatic carbocycles. The van der Waals surface area contributed by atoms with Gasteiger partial charge in [0.15, 0.2) is 5.13 Å². The topological polar surface area (TPSA) is 50.9 Å². The molecule has 1 atom stereocenters. The van der Waals surface area contributed by atoms with E-state index >= 15 is 0 Å². The Hall–Kier alpha value is -0.610. The van der Waals surface area contributed by atoms with Gasteiger partial charge in [-0.2, -0.15) is 0 Å². The Morgan fingerprint density at radius 1 is 1.50 bits per heavy atom. The van der Waals surface area contributed by atoms with Crippen molar-refractivity contribution in [3.63, 3.8) is 0 Å². The third kappa shape index (κ3) is 2.45. The lowest BCUT2D eigenvalue weighted by Gasteiger charge is -2.27. The number of hydrogen-bond acceptors (Lipinski definition) is 4. The van der Waals surface area contributed by atoms with E-state index in [1.54, 1.807) is 11.3 Å². The zero-order valence-corrected chi connectivity index (χ0v) is 10.2. The molecule has 1 aromatic heterocycles. The molecule has 0 spiro atoms. The van der Waals surface area contributed by atoms with Crippen molar-refractivity contribution in [3.8, 4) is 0 Å². The van der Waals surface area contributed by atoms with Crippen LogP contribution < -0.4 is 11.1 Å². The van der Waals surface area contributed by atoms with Crippen LogP contribution in [-0.2, 0) is 0 Å². The van der Waals surface area contributed by atoms with Gasteiger partial charge in [-0.15, -0.1) is 11.3 Å². The first-order valence-electron chi connectivity index (χ1n) is 4.93. The molecule has 0 saturated heterocycles. The highest BCUT2D eigenvalue weighted by Gasteiger charge is 2.21. The van der Waals surface area contributed by atoms with E-state index < -0.39 is 0 Å². The van der Waals surface area contributed by atoms with Crippen LogP contribution >= 0.6 is 11.3 Å². The van der Waals surface area contributed by atoms with Crippen molar-refractivity contribution >= 4 is 16.5 Å². The Kier molecular flexibility index (Phi) is 3.50. The zero-order chi connectivity index (χ0) is 10.8. The lowest BCUT2D eigenvalue weighted by molar-refractivity contribution is 0.506. The third-order valence-corrected chi connectivity index (χ3v) is 3.66. The monoisotopic (exact) mass is 213 g/mol. The third-order valence-electron chi connectivity index (χ3n) is 2.67. The number of nitrogens with zero attached hydrogens (tertiary/aromatic N) is 1. The fraction of sp³-hybridized carbons (Fsp3) is 0.700. The summed E-state index contributed by atoms with van der Waals surface area (Å²) < 4.78 is 0. The fourth-order valence-corrected chi connectivity index (χ4v) is 2.03. The Bertz CT molecular complexity index is 283. The molecule has 0 bridgehead atoms. The largest absolute Gasteiger partial charge is 0.355 e. The summed E-state index contributed by atoms with van der Waals surface area (Å²) in [4.78, 5) is 5.71. The number of nitrogens with two attached hydrogens (primary N) is 1. The van der Waals surface area contributed by atoms with Crippen molar-refractivity contribution in [1.82, 2.24) is 4.98 Å². The Labute approximate surface area is 89.7 Å². The van der Waals surface area contributed by atoms with Gasteiger partial charge in [-0.05, 0) is 27.2 Å². The SMILES string of the molecule is CCC(C)(CN)Nc1nc(C)c(C)s1. The van der Waals surface area contributed by atoms with Crippen molar-refractivity contribution in [2.75, 3.05) is 11.9 Å². The van der Waals surface area contributed by atoms with Crippen molar-refractivity contribution in [1.29, 1.82) is 0 Å². The number of hydrogen-bond donors (Lipinski definition) is 2. The molecule has 0 aromatic carbocycles. The number of aryl methyl sites for hydroxylation is 2. The van der Waals surface area contributed by atoms with Crippen LogP contribution in [0.1, 0.15) is 30.8 Å². The van der Waals surface area contributed by atoms with Crippen molar-refractivity contribution in [3.05, 3.63) is 10.6 Å². The Morgan fingerprint density at radius 3 is 2.50 bits per heavy atom. The van der Waals surface area contributed by atoms with Gasteiger partial charge in [0.25, 0.3) is 0 Å². The van der Waals surface area contributed by atoms with Crippen LogP contribution in [0.5, 0.6) is 0 Å². The predicted octanol–water partition coefficient (Wildman–Crippen LogP) is 2.30. The molecule has 1 unspecified atom stereocenters. The second kappa shape index (κ2) is 4.28. The highest BCUT2D eigenvalue weighted by atomic mass is 32.1. The molecule has 80 valence electrons. The van der Waals surface area contributed by atoms with Gasteiger partial charge in [-0.3, -0.25) is 0 Å². The lowest BCUT2D eigenvalue weighted by Crippen LogP contribution is -2.41. The summed E-state index contributed by atoms with van der Waals surface area (Å²) in [6.45, 7) is 9.00. The Morgan fingerprint density at radius 2 is 2.14 bits per heavy atom. The number of anilines is 1. The van der Waals surface area contributed by atoms with E-state index in [-0.39, 0.29) is 5.54 Å². The van der Waals surface area contributed by atoms with Crippen LogP contribution in [0, 0.1) is 13.8 Å². The molecular formula is C10H19N3S. The molecule has 3 N–H and O–H groups in total. The molecule has 0 aliphatic heterocycles. The van der Waals surface area contributed by atoms with Crippen LogP contribution in [0.2, 0.25) is 0 Å². The summed E-state index contributed by atoms with van der Waals surface area (Å²) in [5.74, 6) is 0. The summed E-state index contributed by atoms with van der Waals surface area (Å²) in [6.07, 6.45) is 1.00. The molecule has 0 radical (unpaired) electrons. The maximum atomic E-state index is 5.72. The van der Waals surface area contributed by atoms with Crippen LogP contribution in [-0.4, -0.2) is 17.1 Å². The summed E-state index contributed by atoms with van der Waals surface area (Å²) in [5.41, 5.74) is 6.80. The molecule has 0 saturated carbocycles. The minimum atomic E-state index is -0.0310. The highest BCUT2D eigenvalue weighted by molar-refractivity contribution is 7.15. The summed E-state index contributed by atoms with van der Waals surface area (Å²) in [5, 5.41) is 4.38. The lowest BCUT2D eigenvalue weighted by atomic mass is 10.00. The van der Waals surface area contributed by atoms with E-state index in [2.05, 4.69) is 31.1 Å². The molecule has 4 heteroatoms. The number of thiazole rings is 1. The molecule has 0 amide bonds. The molecular weight excluding hydrogens is 194 g/mol. The first-order chi connectivity index (χ1) is 6.50. The van der Waals surface area contributed by atoms with Crippen molar-refractivity contribution < 1.29 is 0 Å². The summed E-state index contributed by atoms with van der Waals surface area (Å²) in [7, 11) is 0. The maximum Gasteiger partial charge on any atom is 0.183 e. The fourth-order valence-electron chi connectivity index (χ4n) is 1.07. The van der Waals surface area contributed by atoms with E-state index in [1.165, 1.54) is 4.88 Å². The molecule has 0 aliphatic rings. The molecule has 1 aromatic rings. The summed E-state index contributed by atoms with van der Waals surface area (Å²) >= 11 is 1.69. The number of aromatic nitrogens is 1. The van der Waals surface area contributed by atoms with Crippen LogP contribution in [0.4, 0.5) is 5.13 Å². The number of nitrogens with one attached hydrogen (secondary N) is 1. The second-order valence-electron chi connectivity index (χ2n) is 3.90. The van der Waals surface area contributed by atoms with Crippen LogP contribution in [0.25, 0.3) is 0 Å². The van der Waals surface area contributed by atoms with Gasteiger partial charge in [0.1, 0.15) is 0 Å². The quantitative estimate of drug-likeness (QED) is 0.807. The van der Waals surface area contributed by atoms with Crippen molar-refractivity contribution in [2.24, 2.45) is 5.73 Å². The van der Waals surface area contributed by atoms with Gasteiger partial charge in [-0.25, -0.2) is 4.98 Å². The second-order valence-corrected chi connectivity index (χ2v) is 5.11. The highest BCUT2D eigenvalue weighted by Crippen LogP contribution is 2.25. The zero-order valence-electron chi connectivity index (χ0n) is 9.35. The van der Waals surface area contributed by atoms with Gasteiger partial charge < -0.3 is 11.1 Å². The van der Waals surface area contributed by atoms with E-state index in [0.29, 0.717) is 6.54 Å². The minimum Gasteiger partial charge on any atom is -0.355 e. The molecule has 14 heavy (non-hydrogen) atoms. The number of rotatable bonds is 4. The van der Waals surface area contributed by atoms with Gasteiger partial charge in [-0.1, -0.05) is 6.92 Å². The Balaban J connectivity index is 2.77. The van der Waals surface area contributed by atoms with Gasteiger partial charge in [0.05, 0.1) is 5.69 Å². The van der Waals surface area contributed by atoms with Crippen LogP contribution in [0.3, 0.4) is 0 Å². The van der Waals surface area contributed by atoms with E-state index in [0.717, 1.165) is 17.2 Å². The average molecular weight is 213 g/mol. The molecule has 1 heterocycles. The maximum absolute atomic E-state index is 5.72. The molecule has 1 rings (SSSR count). The van der Waals surface area contributed by atoms with Gasteiger partial charge >= 0.3 is 0 Å². The molecule has 0 fully saturated rings. The molecule has 3 nitrogen and oxygen atoms in total. The van der Waals surface area contributed by atoms with E-state index in [4.69, 9.17) is 5.73 Å². The standard InChI is InChI=1S/C10H19N3S/c1-5-10(4,6-11)13-9-12-7(2)8(3)14-9/h5-6,11H2,1-4H3,(H,12,13). The van der Waals surface area contributed by atoms with Crippen molar-refractivity contribution in [2.45, 2.75) is 39.7 Å². The summed E-state index contributed by atoms with van der Waals surface area (Å²) in [6, 6.07) is 0. The van der Waals surface area contributed by atoms with E-state index in [9.17, 15) is 0 Å². The predicted molar refractivity (Wildman–Crippen MR) is 63.0 cm³/mol. The van der Waals surface area contributed by atoms with Gasteiger partial charge in [0.2, 0.25) is 0 Å². The van der Waals surface area contributed by atoms with Crippen LogP contribution in [0.15, 0.2) is 0 Å². The average Bonchev–Trinajstić information content (AvgIpc) is 2.45. The van der Waals surface area contributed by atoms with Gasteiger partial charge in [0, 0.05) is 17.0 Å². The minimum absolute atomic E-state index is 0.0310. The smallest absolute Gasteiger partial charge is 0.183 e. The van der Waals surface area contributed by atoms with E-state index in [1.807, 2.05) is 6.92 Å². The first-order valence-corrected chi connectivity index (χ1v) is 5.74.